The van der Waals surface area contributed by atoms with Crippen LogP contribution in [0, 0.1) is 23.3 Å². The molecule has 3 N–H and O–H groups in total. The van der Waals surface area contributed by atoms with Crippen molar-refractivity contribution in [3.8, 4) is 5.75 Å². The standard InChI is InChI=1S/C46H52F4N2O13S3/c1-45(21-13-27-66(54,55)56)33-28-31(67(57,58)59)18-20-38(33)52(24-26-64-4)39(45)14-9-6-5-7-10-15-40-46(2,22-25-63-3)34-29-32(68(60,61)62)17-19-37(34)51(40)23-12-8-11-16-41(53)65-44-42(49)35(47)30-36(48)43(44)50/h5-7,9-10,14-15,17-20,28-30H,8,11-13,16,21-27H2,1-4H3,(H2-,54,55,56,57,58,59,60,61,62)/p+1. The third-order valence-corrected chi connectivity index (χ3v) is 14.4. The summed E-state index contributed by atoms with van der Waals surface area (Å²) in [5.41, 5.74) is 1.94. The van der Waals surface area contributed by atoms with Gasteiger partial charge in [0, 0.05) is 74.4 Å². The van der Waals surface area contributed by atoms with Crippen LogP contribution in [0.2, 0.25) is 0 Å². The van der Waals surface area contributed by atoms with Crippen LogP contribution in [-0.2, 0) is 55.5 Å². The Morgan fingerprint density at radius 1 is 0.721 bits per heavy atom. The van der Waals surface area contributed by atoms with E-state index in [-0.39, 0.29) is 54.8 Å². The molecule has 2 unspecified atom stereocenters. The maximum absolute atomic E-state index is 14.1. The minimum absolute atomic E-state index is 0.000000458. The third kappa shape index (κ3) is 12.6. The van der Waals surface area contributed by atoms with Gasteiger partial charge in [-0.15, -0.1) is 0 Å². The van der Waals surface area contributed by atoms with Crippen LogP contribution < -0.4 is 9.64 Å². The molecule has 0 aromatic heterocycles. The Morgan fingerprint density at radius 3 is 1.94 bits per heavy atom. The molecule has 68 heavy (non-hydrogen) atoms. The summed E-state index contributed by atoms with van der Waals surface area (Å²) in [6.07, 6.45) is 13.6. The lowest BCUT2D eigenvalue weighted by atomic mass is 9.76. The van der Waals surface area contributed by atoms with Crippen molar-refractivity contribution in [1.82, 2.24) is 0 Å². The topological polar surface area (TPSA) is 214 Å². The summed E-state index contributed by atoms with van der Waals surface area (Å²) in [5, 5.41) is 0. The van der Waals surface area contributed by atoms with Crippen LogP contribution in [0.25, 0.3) is 0 Å². The quantitative estimate of drug-likeness (QED) is 0.0120. The van der Waals surface area contributed by atoms with Crippen molar-refractivity contribution in [2.75, 3.05) is 51.2 Å². The smallest absolute Gasteiger partial charge is 0.311 e. The molecule has 0 bridgehead atoms. The molecule has 2 aliphatic rings. The van der Waals surface area contributed by atoms with E-state index >= 15 is 0 Å². The summed E-state index contributed by atoms with van der Waals surface area (Å²) in [4.78, 5) is 13.7. The molecule has 5 rings (SSSR count). The van der Waals surface area contributed by atoms with Crippen LogP contribution in [0.3, 0.4) is 0 Å². The molecule has 0 spiro atoms. The van der Waals surface area contributed by atoms with Gasteiger partial charge in [-0.2, -0.15) is 38.6 Å². The van der Waals surface area contributed by atoms with Crippen molar-refractivity contribution < 1.29 is 80.1 Å². The molecule has 2 heterocycles. The molecule has 0 amide bonds. The molecule has 0 aliphatic carbocycles. The first-order valence-corrected chi connectivity index (χ1v) is 25.7. The van der Waals surface area contributed by atoms with Gasteiger partial charge in [-0.05, 0) is 87.9 Å². The fraction of sp³-hybridized carbons (Fsp3) is 0.391. The van der Waals surface area contributed by atoms with E-state index in [1.54, 1.807) is 48.6 Å². The zero-order chi connectivity index (χ0) is 50.2. The van der Waals surface area contributed by atoms with Crippen LogP contribution in [0.15, 0.2) is 100 Å². The number of carbonyl (C=O) groups is 1. The fourth-order valence-corrected chi connectivity index (χ4v) is 10.0. The molecule has 3 aromatic rings. The first kappa shape index (κ1) is 53.9. The fourth-order valence-electron chi connectivity index (χ4n) is 8.50. The van der Waals surface area contributed by atoms with Gasteiger partial charge >= 0.3 is 5.97 Å². The highest BCUT2D eigenvalue weighted by atomic mass is 32.2. The largest absolute Gasteiger partial charge is 0.420 e. The third-order valence-electron chi connectivity index (χ3n) is 11.9. The van der Waals surface area contributed by atoms with Crippen molar-refractivity contribution in [3.63, 3.8) is 0 Å². The SMILES string of the molecule is COCC[N+]1=C(/C=C/C=C/C=C/C=C2/N(CCCCCC(=O)Oc3c(F)c(F)cc(F)c3F)c3ccc(S(=O)(=O)O)cc3C2(C)CCOC)C(C)(CCCS(=O)(=O)O)c2cc(S(=O)(=O)O)ccc21. The van der Waals surface area contributed by atoms with Gasteiger partial charge in [0.15, 0.2) is 23.9 Å². The zero-order valence-corrected chi connectivity index (χ0v) is 40.1. The van der Waals surface area contributed by atoms with Crippen molar-refractivity contribution >= 4 is 53.4 Å². The first-order chi connectivity index (χ1) is 31.9. The molecule has 2 atom stereocenters. The summed E-state index contributed by atoms with van der Waals surface area (Å²) in [7, 11) is -10.5. The van der Waals surface area contributed by atoms with Gasteiger partial charge in [-0.25, -0.2) is 8.78 Å². The number of hydrogen-bond acceptors (Lipinski definition) is 11. The molecule has 15 nitrogen and oxygen atoms in total. The van der Waals surface area contributed by atoms with E-state index in [2.05, 4.69) is 4.74 Å². The number of methoxy groups -OCH3 is 2. The molecule has 2 aliphatic heterocycles. The predicted molar refractivity (Wildman–Crippen MR) is 244 cm³/mol. The number of esters is 1. The van der Waals surface area contributed by atoms with E-state index in [0.29, 0.717) is 60.6 Å². The Labute approximate surface area is 393 Å². The van der Waals surface area contributed by atoms with E-state index in [4.69, 9.17) is 9.47 Å². The van der Waals surface area contributed by atoms with Gasteiger partial charge in [-0.1, -0.05) is 36.8 Å². The van der Waals surface area contributed by atoms with E-state index in [9.17, 15) is 61.3 Å². The summed E-state index contributed by atoms with van der Waals surface area (Å²) in [6, 6.07) is 8.43. The number of anilines is 1. The maximum atomic E-state index is 14.1. The minimum Gasteiger partial charge on any atom is -0.420 e. The molecule has 0 fully saturated rings. The molecular formula is C46H53F4N2O13S3+. The maximum Gasteiger partial charge on any atom is 0.311 e. The van der Waals surface area contributed by atoms with E-state index in [1.807, 2.05) is 29.4 Å². The van der Waals surface area contributed by atoms with E-state index in [0.717, 1.165) is 5.70 Å². The highest BCUT2D eigenvalue weighted by Gasteiger charge is 2.48. The number of allylic oxidation sites excluding steroid dienone is 8. The Kier molecular flexibility index (Phi) is 17.5. The molecule has 0 saturated heterocycles. The second-order valence-corrected chi connectivity index (χ2v) is 21.0. The van der Waals surface area contributed by atoms with Gasteiger partial charge < -0.3 is 19.1 Å². The summed E-state index contributed by atoms with van der Waals surface area (Å²) < 4.78 is 174. The van der Waals surface area contributed by atoms with Crippen LogP contribution in [0.1, 0.15) is 69.9 Å². The van der Waals surface area contributed by atoms with Gasteiger partial charge in [0.2, 0.25) is 23.1 Å². The number of nitrogens with zero attached hydrogens (tertiary/aromatic N) is 2. The number of hydrogen-bond donors (Lipinski definition) is 3. The number of fused-ring (bicyclic) bond motifs is 2. The molecular weight excluding hydrogens is 961 g/mol. The summed E-state index contributed by atoms with van der Waals surface area (Å²) in [6.45, 7) is 4.92. The lowest BCUT2D eigenvalue weighted by Gasteiger charge is -2.30. The average Bonchev–Trinajstić information content (AvgIpc) is 3.63. The lowest BCUT2D eigenvalue weighted by Crippen LogP contribution is -2.32. The predicted octanol–water partition coefficient (Wildman–Crippen LogP) is 7.94. The average molecular weight is 1010 g/mol. The van der Waals surface area contributed by atoms with Gasteiger partial charge in [-0.3, -0.25) is 18.5 Å². The van der Waals surface area contributed by atoms with Crippen LogP contribution >= 0.6 is 0 Å². The molecule has 3 aromatic carbocycles. The van der Waals surface area contributed by atoms with Gasteiger partial charge in [0.1, 0.15) is 6.61 Å². The Bertz CT molecular complexity index is 2880. The molecule has 370 valence electrons. The van der Waals surface area contributed by atoms with Crippen molar-refractivity contribution in [2.45, 2.75) is 79.4 Å². The number of rotatable bonds is 23. The van der Waals surface area contributed by atoms with Crippen molar-refractivity contribution in [2.24, 2.45) is 0 Å². The van der Waals surface area contributed by atoms with E-state index in [1.165, 1.54) is 38.5 Å². The normalized spacial score (nSPS) is 19.3. The Morgan fingerprint density at radius 2 is 1.32 bits per heavy atom. The van der Waals surface area contributed by atoms with Gasteiger partial charge in [0.25, 0.3) is 30.4 Å². The highest BCUT2D eigenvalue weighted by molar-refractivity contribution is 7.86. The number of halogens is 4. The monoisotopic (exact) mass is 1010 g/mol. The second-order valence-electron chi connectivity index (χ2n) is 16.5. The minimum atomic E-state index is -4.59. The second kappa shape index (κ2) is 22.1. The van der Waals surface area contributed by atoms with Crippen LogP contribution in [0.5, 0.6) is 5.75 Å². The zero-order valence-electron chi connectivity index (χ0n) is 37.6. The summed E-state index contributed by atoms with van der Waals surface area (Å²) in [5.74, 6) is -10.2. The first-order valence-electron chi connectivity index (χ1n) is 21.2. The lowest BCUT2D eigenvalue weighted by molar-refractivity contribution is -0.441. The van der Waals surface area contributed by atoms with Crippen LogP contribution in [0.4, 0.5) is 28.9 Å². The number of unbranched alkanes of at least 4 members (excludes halogenated alkanes) is 2. The highest BCUT2D eigenvalue weighted by Crippen LogP contribution is 2.51. The Balaban J connectivity index is 1.41. The number of ether oxygens (including phenoxy) is 3. The molecule has 22 heteroatoms. The molecule has 0 saturated carbocycles. The van der Waals surface area contributed by atoms with E-state index < -0.39 is 81.9 Å². The van der Waals surface area contributed by atoms with Crippen LogP contribution in [-0.4, -0.2) is 101 Å². The number of carbonyl (C=O) groups excluding carboxylic acids is 1. The number of benzene rings is 3. The van der Waals surface area contributed by atoms with Crippen molar-refractivity contribution in [3.05, 3.63) is 125 Å². The van der Waals surface area contributed by atoms with Gasteiger partial charge in [0.05, 0.1) is 21.0 Å². The molecule has 0 radical (unpaired) electrons. The Hall–Kier alpha value is -5.07. The summed E-state index contributed by atoms with van der Waals surface area (Å²) >= 11 is 0. The van der Waals surface area contributed by atoms with Crippen molar-refractivity contribution in [1.29, 1.82) is 0 Å².